The molecule has 2 heterocycles. The van der Waals surface area contributed by atoms with Crippen molar-refractivity contribution >= 4 is 17.5 Å². The fraction of sp³-hybridized carbons (Fsp3) is 0.308. The predicted octanol–water partition coefficient (Wildman–Crippen LogP) is 1.20. The standard InChI is InChI=1S/C13H13N4O2/c1-19-9-4-5-14-11(6-9)13(18)15-12-7-10(16-17-12)8-2-3-8/h4-8H,2-3H2,1H3,(H,15,17,18). The number of aromatic nitrogens is 1. The Balaban J connectivity index is 1.62. The van der Waals surface area contributed by atoms with Gasteiger partial charge in [0.25, 0.3) is 5.91 Å². The highest BCUT2D eigenvalue weighted by atomic mass is 16.5. The summed E-state index contributed by atoms with van der Waals surface area (Å²) in [6.45, 7) is 0. The molecule has 6 heteroatoms. The quantitative estimate of drug-likeness (QED) is 0.884. The normalized spacial score (nSPS) is 17.7. The van der Waals surface area contributed by atoms with Crippen LogP contribution in [0.5, 0.6) is 5.75 Å². The van der Waals surface area contributed by atoms with E-state index in [1.807, 2.05) is 6.42 Å². The van der Waals surface area contributed by atoms with Crippen LogP contribution in [-0.4, -0.2) is 29.5 Å². The highest BCUT2D eigenvalue weighted by Gasteiger charge is 2.31. The predicted molar refractivity (Wildman–Crippen MR) is 70.1 cm³/mol. The third kappa shape index (κ3) is 2.62. The molecule has 1 aromatic rings. The number of hydrogen-bond acceptors (Lipinski definition) is 5. The summed E-state index contributed by atoms with van der Waals surface area (Å²) >= 11 is 0. The summed E-state index contributed by atoms with van der Waals surface area (Å²) in [6.07, 6.45) is 5.66. The van der Waals surface area contributed by atoms with Crippen molar-refractivity contribution in [3.05, 3.63) is 30.4 Å². The van der Waals surface area contributed by atoms with Gasteiger partial charge in [0.05, 0.1) is 19.2 Å². The third-order valence-electron chi connectivity index (χ3n) is 2.99. The van der Waals surface area contributed by atoms with Crippen LogP contribution in [0.25, 0.3) is 0 Å². The Morgan fingerprint density at radius 1 is 1.42 bits per heavy atom. The molecular formula is C13H13N4O2. The SMILES string of the molecule is COc1ccnc(C(=O)NC2=NN=C(C3CC3)[CH]2)c1. The largest absolute Gasteiger partial charge is 0.497 e. The maximum atomic E-state index is 12.0. The number of amides is 1. The van der Waals surface area contributed by atoms with E-state index >= 15 is 0 Å². The zero-order valence-corrected chi connectivity index (χ0v) is 10.5. The molecule has 0 saturated heterocycles. The van der Waals surface area contributed by atoms with E-state index in [1.165, 1.54) is 6.20 Å². The number of ether oxygens (including phenoxy) is 1. The van der Waals surface area contributed by atoms with E-state index in [1.54, 1.807) is 19.2 Å². The molecule has 0 bridgehead atoms. The Bertz CT molecular complexity index is 576. The van der Waals surface area contributed by atoms with Crippen molar-refractivity contribution in [3.8, 4) is 5.75 Å². The number of hydrogen-bond donors (Lipinski definition) is 1. The number of carbonyl (C=O) groups excluding carboxylic acids is 1. The number of nitrogens with zero attached hydrogens (tertiary/aromatic N) is 3. The van der Waals surface area contributed by atoms with Gasteiger partial charge in [-0.3, -0.25) is 9.78 Å². The number of rotatable bonds is 3. The minimum atomic E-state index is -0.318. The topological polar surface area (TPSA) is 75.9 Å². The van der Waals surface area contributed by atoms with Crippen LogP contribution in [0.1, 0.15) is 23.3 Å². The first kappa shape index (κ1) is 11.8. The van der Waals surface area contributed by atoms with Gasteiger partial charge in [-0.2, -0.15) is 5.10 Å². The monoisotopic (exact) mass is 257 g/mol. The molecule has 0 aromatic carbocycles. The minimum absolute atomic E-state index is 0.287. The van der Waals surface area contributed by atoms with Crippen molar-refractivity contribution < 1.29 is 9.53 Å². The van der Waals surface area contributed by atoms with Crippen LogP contribution in [0.2, 0.25) is 0 Å². The van der Waals surface area contributed by atoms with Crippen molar-refractivity contribution in [2.45, 2.75) is 12.8 Å². The van der Waals surface area contributed by atoms with Gasteiger partial charge in [-0.05, 0) is 24.8 Å². The van der Waals surface area contributed by atoms with Crippen LogP contribution in [0.4, 0.5) is 0 Å². The van der Waals surface area contributed by atoms with E-state index < -0.39 is 0 Å². The van der Waals surface area contributed by atoms with Crippen molar-refractivity contribution in [3.63, 3.8) is 0 Å². The van der Waals surface area contributed by atoms with Crippen molar-refractivity contribution in [2.75, 3.05) is 7.11 Å². The molecule has 0 spiro atoms. The molecule has 1 aliphatic heterocycles. The van der Waals surface area contributed by atoms with Crippen LogP contribution >= 0.6 is 0 Å². The Hall–Kier alpha value is -2.24. The third-order valence-corrected chi connectivity index (χ3v) is 2.99. The number of methoxy groups -OCH3 is 1. The zero-order valence-electron chi connectivity index (χ0n) is 10.5. The fourth-order valence-corrected chi connectivity index (χ4v) is 1.79. The molecule has 1 aromatic heterocycles. The average Bonchev–Trinajstić information content (AvgIpc) is 3.19. The van der Waals surface area contributed by atoms with Gasteiger partial charge < -0.3 is 10.1 Å². The molecule has 19 heavy (non-hydrogen) atoms. The highest BCUT2D eigenvalue weighted by Crippen LogP contribution is 2.32. The van der Waals surface area contributed by atoms with Gasteiger partial charge in [0.1, 0.15) is 17.3 Å². The fourth-order valence-electron chi connectivity index (χ4n) is 1.79. The average molecular weight is 257 g/mol. The molecule has 1 N–H and O–H groups in total. The van der Waals surface area contributed by atoms with Crippen molar-refractivity contribution in [1.82, 2.24) is 10.3 Å². The second-order valence-electron chi connectivity index (χ2n) is 4.46. The van der Waals surface area contributed by atoms with Gasteiger partial charge >= 0.3 is 0 Å². The molecule has 97 valence electrons. The van der Waals surface area contributed by atoms with E-state index in [0.717, 1.165) is 18.6 Å². The summed E-state index contributed by atoms with van der Waals surface area (Å²) in [7, 11) is 1.54. The van der Waals surface area contributed by atoms with Crippen LogP contribution in [0.3, 0.4) is 0 Å². The molecule has 0 atom stereocenters. The van der Waals surface area contributed by atoms with E-state index in [0.29, 0.717) is 17.5 Å². The zero-order chi connectivity index (χ0) is 13.2. The second kappa shape index (κ2) is 4.79. The number of pyridine rings is 1. The molecule has 0 unspecified atom stereocenters. The van der Waals surface area contributed by atoms with Gasteiger partial charge in [-0.15, -0.1) is 5.10 Å². The molecule has 6 nitrogen and oxygen atoms in total. The smallest absolute Gasteiger partial charge is 0.275 e. The Labute approximate surface area is 110 Å². The molecular weight excluding hydrogens is 244 g/mol. The Morgan fingerprint density at radius 3 is 3.00 bits per heavy atom. The highest BCUT2D eigenvalue weighted by molar-refractivity contribution is 6.22. The van der Waals surface area contributed by atoms with Crippen LogP contribution < -0.4 is 10.1 Å². The first-order valence-electron chi connectivity index (χ1n) is 6.08. The Morgan fingerprint density at radius 2 is 2.26 bits per heavy atom. The lowest BCUT2D eigenvalue weighted by Gasteiger charge is -2.05. The summed E-state index contributed by atoms with van der Waals surface area (Å²) in [5.41, 5.74) is 1.24. The molecule has 1 aliphatic carbocycles. The van der Waals surface area contributed by atoms with Gasteiger partial charge in [-0.1, -0.05) is 0 Å². The lowest BCUT2D eigenvalue weighted by atomic mass is 10.2. The van der Waals surface area contributed by atoms with E-state index in [4.69, 9.17) is 4.74 Å². The molecule has 2 aliphatic rings. The molecule has 1 amide bonds. The van der Waals surface area contributed by atoms with Crippen molar-refractivity contribution in [2.24, 2.45) is 16.1 Å². The summed E-state index contributed by atoms with van der Waals surface area (Å²) < 4.78 is 5.05. The Kier molecular flexibility index (Phi) is 2.98. The molecule has 1 radical (unpaired) electrons. The van der Waals surface area contributed by atoms with E-state index in [-0.39, 0.29) is 11.6 Å². The molecule has 1 saturated carbocycles. The van der Waals surface area contributed by atoms with Crippen LogP contribution in [-0.2, 0) is 0 Å². The van der Waals surface area contributed by atoms with Gasteiger partial charge in [0, 0.05) is 12.3 Å². The molecule has 1 fully saturated rings. The number of nitrogens with one attached hydrogen (secondary N) is 1. The van der Waals surface area contributed by atoms with Crippen LogP contribution in [0.15, 0.2) is 28.5 Å². The summed E-state index contributed by atoms with van der Waals surface area (Å²) in [6, 6.07) is 3.26. The van der Waals surface area contributed by atoms with Crippen LogP contribution in [0, 0.1) is 12.3 Å². The molecule has 3 rings (SSSR count). The maximum absolute atomic E-state index is 12.0. The first-order chi connectivity index (χ1) is 9.26. The first-order valence-corrected chi connectivity index (χ1v) is 6.08. The minimum Gasteiger partial charge on any atom is -0.497 e. The maximum Gasteiger partial charge on any atom is 0.275 e. The summed E-state index contributed by atoms with van der Waals surface area (Å²) in [5.74, 6) is 1.26. The van der Waals surface area contributed by atoms with Gasteiger partial charge in [0.15, 0.2) is 0 Å². The lowest BCUT2D eigenvalue weighted by molar-refractivity contribution is 0.0972. The second-order valence-corrected chi connectivity index (χ2v) is 4.46. The number of carbonyl (C=O) groups is 1. The van der Waals surface area contributed by atoms with E-state index in [2.05, 4.69) is 20.5 Å². The van der Waals surface area contributed by atoms with Gasteiger partial charge in [-0.25, -0.2) is 0 Å². The van der Waals surface area contributed by atoms with Gasteiger partial charge in [0.2, 0.25) is 0 Å². The summed E-state index contributed by atoms with van der Waals surface area (Å²) in [4.78, 5) is 16.0. The summed E-state index contributed by atoms with van der Waals surface area (Å²) in [5, 5.41) is 10.7. The van der Waals surface area contributed by atoms with Crippen molar-refractivity contribution in [1.29, 1.82) is 0 Å². The van der Waals surface area contributed by atoms with E-state index in [9.17, 15) is 4.79 Å². The number of amidine groups is 1. The lowest BCUT2D eigenvalue weighted by Crippen LogP contribution is -2.31.